The Morgan fingerprint density at radius 1 is 1.38 bits per heavy atom. The zero-order valence-corrected chi connectivity index (χ0v) is 7.31. The van der Waals surface area contributed by atoms with Crippen LogP contribution < -0.4 is 5.73 Å². The lowest BCUT2D eigenvalue weighted by molar-refractivity contribution is 0.779. The molecular weight excluding hydrogens is 164 g/mol. The van der Waals surface area contributed by atoms with Crippen molar-refractivity contribution in [2.75, 3.05) is 5.73 Å². The Hall–Kier alpha value is -1.84. The number of nitrogens with two attached hydrogens (primary N) is 1. The molecule has 2 aromatic rings. The summed E-state index contributed by atoms with van der Waals surface area (Å²) < 4.78 is 1.64. The molecule has 0 radical (unpaired) electrons. The molecule has 0 amide bonds. The molecule has 0 bridgehead atoms. The minimum absolute atomic E-state index is 0.660. The number of hydrogen-bond acceptors (Lipinski definition) is 3. The van der Waals surface area contributed by atoms with E-state index in [2.05, 4.69) is 10.1 Å². The van der Waals surface area contributed by atoms with E-state index in [0.717, 1.165) is 11.1 Å². The van der Waals surface area contributed by atoms with Gasteiger partial charge in [0.1, 0.15) is 5.82 Å². The highest BCUT2D eigenvalue weighted by Gasteiger charge is 2.05. The van der Waals surface area contributed by atoms with E-state index in [0.29, 0.717) is 5.82 Å². The van der Waals surface area contributed by atoms with Gasteiger partial charge in [0.05, 0.1) is 6.20 Å². The Morgan fingerprint density at radius 2 is 2.23 bits per heavy atom. The van der Waals surface area contributed by atoms with Crippen LogP contribution in [-0.4, -0.2) is 14.8 Å². The molecule has 0 unspecified atom stereocenters. The predicted molar refractivity (Wildman–Crippen MR) is 50.9 cm³/mol. The average molecular weight is 174 g/mol. The van der Waals surface area contributed by atoms with E-state index >= 15 is 0 Å². The van der Waals surface area contributed by atoms with Crippen molar-refractivity contribution in [1.29, 1.82) is 0 Å². The lowest BCUT2D eigenvalue weighted by Gasteiger charge is -1.98. The molecule has 0 aliphatic heterocycles. The zero-order chi connectivity index (χ0) is 9.26. The van der Waals surface area contributed by atoms with Gasteiger partial charge in [-0.15, -0.1) is 0 Å². The van der Waals surface area contributed by atoms with Gasteiger partial charge in [-0.1, -0.05) is 6.07 Å². The van der Waals surface area contributed by atoms with Gasteiger partial charge in [-0.2, -0.15) is 5.10 Å². The summed E-state index contributed by atoms with van der Waals surface area (Å²) in [5.41, 5.74) is 7.73. The maximum Gasteiger partial charge on any atom is 0.129 e. The highest BCUT2D eigenvalue weighted by Crippen LogP contribution is 2.23. The lowest BCUT2D eigenvalue weighted by atomic mass is 10.1. The summed E-state index contributed by atoms with van der Waals surface area (Å²) in [4.78, 5) is 4.02. The molecule has 66 valence electrons. The van der Waals surface area contributed by atoms with Gasteiger partial charge < -0.3 is 5.73 Å². The monoisotopic (exact) mass is 174 g/mol. The Morgan fingerprint density at radius 3 is 2.77 bits per heavy atom. The summed E-state index contributed by atoms with van der Waals surface area (Å²) in [5, 5.41) is 4.06. The van der Waals surface area contributed by atoms with E-state index in [9.17, 15) is 0 Å². The summed E-state index contributed by atoms with van der Waals surface area (Å²) in [5.74, 6) is 0.660. The topological polar surface area (TPSA) is 56.7 Å². The maximum absolute atomic E-state index is 5.81. The molecule has 4 nitrogen and oxygen atoms in total. The number of hydrogen-bond donors (Lipinski definition) is 1. The Kier molecular flexibility index (Phi) is 1.73. The fraction of sp³-hybridized carbons (Fsp3) is 0.111. The Bertz CT molecular complexity index is 405. The van der Waals surface area contributed by atoms with Crippen LogP contribution >= 0.6 is 0 Å². The van der Waals surface area contributed by atoms with Crippen molar-refractivity contribution >= 4 is 5.82 Å². The number of rotatable bonds is 1. The molecule has 2 rings (SSSR count). The molecule has 0 aromatic carbocycles. The van der Waals surface area contributed by atoms with Gasteiger partial charge in [-0.25, -0.2) is 0 Å². The summed E-state index contributed by atoms with van der Waals surface area (Å²) in [7, 11) is 1.81. The van der Waals surface area contributed by atoms with Crippen molar-refractivity contribution in [3.05, 3.63) is 30.7 Å². The summed E-state index contributed by atoms with van der Waals surface area (Å²) in [6.07, 6.45) is 5.25. The molecule has 2 aromatic heterocycles. The van der Waals surface area contributed by atoms with Crippen LogP contribution in [0.25, 0.3) is 11.1 Å². The van der Waals surface area contributed by atoms with E-state index in [4.69, 9.17) is 5.73 Å². The third kappa shape index (κ3) is 1.26. The molecule has 0 atom stereocenters. The highest BCUT2D eigenvalue weighted by molar-refractivity contribution is 5.72. The molecule has 0 saturated heterocycles. The van der Waals surface area contributed by atoms with Crippen LogP contribution in [-0.2, 0) is 7.05 Å². The third-order valence-corrected chi connectivity index (χ3v) is 1.96. The number of aryl methyl sites for hydroxylation is 1. The fourth-order valence-corrected chi connectivity index (χ4v) is 1.19. The van der Waals surface area contributed by atoms with Crippen molar-refractivity contribution in [3.8, 4) is 11.1 Å². The largest absolute Gasteiger partial charge is 0.383 e. The van der Waals surface area contributed by atoms with E-state index in [-0.39, 0.29) is 0 Å². The van der Waals surface area contributed by atoms with E-state index in [1.807, 2.05) is 19.2 Å². The maximum atomic E-state index is 5.81. The van der Waals surface area contributed by atoms with Gasteiger partial charge in [-0.05, 0) is 6.07 Å². The van der Waals surface area contributed by atoms with Gasteiger partial charge in [0.15, 0.2) is 0 Å². The van der Waals surface area contributed by atoms with E-state index in [1.165, 1.54) is 0 Å². The van der Waals surface area contributed by atoms with Crippen LogP contribution in [0.3, 0.4) is 0 Å². The van der Waals surface area contributed by atoms with E-state index < -0.39 is 0 Å². The molecule has 4 heteroatoms. The first-order valence-corrected chi connectivity index (χ1v) is 3.97. The van der Waals surface area contributed by atoms with Gasteiger partial charge >= 0.3 is 0 Å². The number of aromatic nitrogens is 3. The first-order valence-electron chi connectivity index (χ1n) is 3.97. The molecule has 13 heavy (non-hydrogen) atoms. The van der Waals surface area contributed by atoms with Gasteiger partial charge in [-0.3, -0.25) is 9.67 Å². The van der Waals surface area contributed by atoms with Gasteiger partial charge in [0.25, 0.3) is 0 Å². The zero-order valence-electron chi connectivity index (χ0n) is 7.31. The summed E-state index contributed by atoms with van der Waals surface area (Å²) in [6, 6.07) is 3.84. The molecule has 2 N–H and O–H groups in total. The van der Waals surface area contributed by atoms with Gasteiger partial charge in [0.2, 0.25) is 0 Å². The molecule has 0 saturated carbocycles. The number of anilines is 1. The van der Waals surface area contributed by atoms with Crippen LogP contribution in [0.2, 0.25) is 0 Å². The standard InChI is InChI=1S/C9H10N4/c1-13-9(10)8(6-12-13)7-3-2-4-11-5-7/h2-6H,10H2,1H3. The quantitative estimate of drug-likeness (QED) is 0.703. The number of pyridine rings is 1. The van der Waals surface area contributed by atoms with Crippen molar-refractivity contribution in [2.24, 2.45) is 7.05 Å². The van der Waals surface area contributed by atoms with Crippen molar-refractivity contribution in [2.45, 2.75) is 0 Å². The first kappa shape index (κ1) is 7.79. The second-order valence-corrected chi connectivity index (χ2v) is 2.81. The summed E-state index contributed by atoms with van der Waals surface area (Å²) >= 11 is 0. The smallest absolute Gasteiger partial charge is 0.129 e. The van der Waals surface area contributed by atoms with Crippen LogP contribution in [0.1, 0.15) is 0 Å². The minimum Gasteiger partial charge on any atom is -0.383 e. The minimum atomic E-state index is 0.660. The van der Waals surface area contributed by atoms with Crippen LogP contribution in [0.5, 0.6) is 0 Å². The average Bonchev–Trinajstić information content (AvgIpc) is 2.49. The molecule has 0 spiro atoms. The predicted octanol–water partition coefficient (Wildman–Crippen LogP) is 1.06. The van der Waals surface area contributed by atoms with Gasteiger partial charge in [0, 0.05) is 30.6 Å². The number of nitrogen functional groups attached to an aromatic ring is 1. The highest BCUT2D eigenvalue weighted by atomic mass is 15.3. The van der Waals surface area contributed by atoms with Crippen LogP contribution in [0.15, 0.2) is 30.7 Å². The fourth-order valence-electron chi connectivity index (χ4n) is 1.19. The number of nitrogens with zero attached hydrogens (tertiary/aromatic N) is 3. The first-order chi connectivity index (χ1) is 6.29. The molecule has 0 fully saturated rings. The van der Waals surface area contributed by atoms with Crippen molar-refractivity contribution in [1.82, 2.24) is 14.8 Å². The van der Waals surface area contributed by atoms with E-state index in [1.54, 1.807) is 23.3 Å². The second-order valence-electron chi connectivity index (χ2n) is 2.81. The molecule has 0 aliphatic rings. The molecular formula is C9H10N4. The lowest BCUT2D eigenvalue weighted by Crippen LogP contribution is -1.97. The summed E-state index contributed by atoms with van der Waals surface area (Å²) in [6.45, 7) is 0. The molecule has 2 heterocycles. The Balaban J connectivity index is 2.53. The van der Waals surface area contributed by atoms with Crippen LogP contribution in [0, 0.1) is 0 Å². The van der Waals surface area contributed by atoms with Crippen LogP contribution in [0.4, 0.5) is 5.82 Å². The Labute approximate surface area is 76.0 Å². The third-order valence-electron chi connectivity index (χ3n) is 1.96. The molecule has 0 aliphatic carbocycles. The van der Waals surface area contributed by atoms with Crippen molar-refractivity contribution < 1.29 is 0 Å². The SMILES string of the molecule is Cn1ncc(-c2cccnc2)c1N. The normalized spacial score (nSPS) is 10.2. The second kappa shape index (κ2) is 2.90. The van der Waals surface area contributed by atoms with Crippen molar-refractivity contribution in [3.63, 3.8) is 0 Å².